The number of hydrogen-bond donors (Lipinski definition) is 3. The van der Waals surface area contributed by atoms with Gasteiger partial charge < -0.3 is 24.8 Å². The normalized spacial score (nSPS) is 11.1. The van der Waals surface area contributed by atoms with Crippen molar-refractivity contribution in [1.82, 2.24) is 14.9 Å². The minimum absolute atomic E-state index is 0.127. The number of aliphatic carboxylic acids is 2. The highest BCUT2D eigenvalue weighted by molar-refractivity contribution is 5.91. The molecule has 1 aromatic heterocycles. The maximum absolute atomic E-state index is 12.3. The number of carbonyl (C=O) groups excluding carboxylic acids is 1. The zero-order chi connectivity index (χ0) is 30.9. The molecular formula is C34H43N3O6. The molecule has 43 heavy (non-hydrogen) atoms. The summed E-state index contributed by atoms with van der Waals surface area (Å²) in [5.41, 5.74) is 3.54. The van der Waals surface area contributed by atoms with E-state index in [1.165, 1.54) is 63.8 Å². The summed E-state index contributed by atoms with van der Waals surface area (Å²) in [5.74, 6) is -1.79. The van der Waals surface area contributed by atoms with Gasteiger partial charge in [-0.2, -0.15) is 0 Å². The highest BCUT2D eigenvalue weighted by atomic mass is 16.5. The Bertz CT molecular complexity index is 1330. The average molecular weight is 590 g/mol. The molecule has 0 aliphatic rings. The largest absolute Gasteiger partial charge is 0.482 e. The second-order valence-corrected chi connectivity index (χ2v) is 10.6. The molecule has 0 unspecified atom stereocenters. The third-order valence-electron chi connectivity index (χ3n) is 7.07. The number of ether oxygens (including phenoxy) is 1. The number of aromatic nitrogens is 2. The number of unbranched alkanes of at least 4 members (excludes halogenated alkanes) is 9. The van der Waals surface area contributed by atoms with E-state index in [1.807, 2.05) is 24.3 Å². The molecule has 1 amide bonds. The molecule has 0 saturated heterocycles. The number of nitrogens with zero attached hydrogens (tertiary/aromatic N) is 2. The second-order valence-electron chi connectivity index (χ2n) is 10.6. The van der Waals surface area contributed by atoms with E-state index in [-0.39, 0.29) is 12.5 Å². The predicted octanol–water partition coefficient (Wildman–Crippen LogP) is 6.82. The highest BCUT2D eigenvalue weighted by Crippen LogP contribution is 2.32. The zero-order valence-electron chi connectivity index (χ0n) is 25.0. The number of carboxylic acids is 2. The van der Waals surface area contributed by atoms with E-state index in [0.717, 1.165) is 29.5 Å². The van der Waals surface area contributed by atoms with Gasteiger partial charge in [-0.15, -0.1) is 0 Å². The van der Waals surface area contributed by atoms with Crippen molar-refractivity contribution in [3.63, 3.8) is 0 Å². The fourth-order valence-electron chi connectivity index (χ4n) is 4.82. The van der Waals surface area contributed by atoms with Crippen molar-refractivity contribution in [2.75, 3.05) is 13.2 Å². The van der Waals surface area contributed by atoms with Crippen LogP contribution in [0.2, 0.25) is 0 Å². The van der Waals surface area contributed by atoms with Crippen LogP contribution >= 0.6 is 0 Å². The maximum atomic E-state index is 12.3. The van der Waals surface area contributed by atoms with Gasteiger partial charge in [0.25, 0.3) is 0 Å². The van der Waals surface area contributed by atoms with Crippen LogP contribution in [0.1, 0.15) is 76.7 Å². The van der Waals surface area contributed by atoms with Crippen LogP contribution in [0.15, 0.2) is 60.9 Å². The molecule has 3 rings (SSSR count). The van der Waals surface area contributed by atoms with Crippen molar-refractivity contribution in [1.29, 1.82) is 0 Å². The fraction of sp³-hybridized carbons (Fsp3) is 0.412. The zero-order valence-corrected chi connectivity index (χ0v) is 25.0. The number of rotatable bonds is 20. The van der Waals surface area contributed by atoms with E-state index in [9.17, 15) is 19.5 Å². The number of carboxylic acid groups (broad SMARTS) is 2. The lowest BCUT2D eigenvalue weighted by atomic mass is 10.0. The van der Waals surface area contributed by atoms with Gasteiger partial charge in [-0.25, -0.2) is 9.78 Å². The van der Waals surface area contributed by atoms with Gasteiger partial charge in [-0.1, -0.05) is 89.0 Å². The van der Waals surface area contributed by atoms with Crippen molar-refractivity contribution < 1.29 is 29.3 Å². The molecule has 0 spiro atoms. The minimum Gasteiger partial charge on any atom is -0.482 e. The minimum atomic E-state index is -1.07. The van der Waals surface area contributed by atoms with Crippen molar-refractivity contribution in [2.24, 2.45) is 0 Å². The summed E-state index contributed by atoms with van der Waals surface area (Å²) in [6.07, 6.45) is 17.3. The Morgan fingerprint density at radius 2 is 1.42 bits per heavy atom. The number of imidazole rings is 1. The molecular weight excluding hydrogens is 546 g/mol. The second kappa shape index (κ2) is 18.2. The Kier molecular flexibility index (Phi) is 14.0. The van der Waals surface area contributed by atoms with E-state index in [2.05, 4.69) is 17.2 Å². The first-order chi connectivity index (χ1) is 20.9. The monoisotopic (exact) mass is 589 g/mol. The van der Waals surface area contributed by atoms with Crippen molar-refractivity contribution >= 4 is 23.9 Å². The Morgan fingerprint density at radius 1 is 0.814 bits per heavy atom. The Morgan fingerprint density at radius 3 is 2.02 bits per heavy atom. The number of amides is 1. The molecule has 3 aromatic rings. The van der Waals surface area contributed by atoms with Gasteiger partial charge in [-0.3, -0.25) is 9.59 Å². The molecule has 9 nitrogen and oxygen atoms in total. The number of nitrogens with one attached hydrogen (secondary N) is 1. The SMILES string of the molecule is CCCCCCCCCCCCNC(=O)C=Cc1ccc(-c2c(-c3ccc(OCC(=O)O)cc3)ncn2CC(=O)O)cc1. The number of benzene rings is 2. The maximum Gasteiger partial charge on any atom is 0.341 e. The van der Waals surface area contributed by atoms with Crippen LogP contribution in [0.3, 0.4) is 0 Å². The molecule has 2 aromatic carbocycles. The van der Waals surface area contributed by atoms with Gasteiger partial charge in [0.1, 0.15) is 12.3 Å². The topological polar surface area (TPSA) is 131 Å². The van der Waals surface area contributed by atoms with Crippen LogP contribution in [-0.4, -0.2) is 50.8 Å². The molecule has 0 aliphatic heterocycles. The first kappa shape index (κ1) is 33.1. The van der Waals surface area contributed by atoms with Gasteiger partial charge in [0, 0.05) is 23.7 Å². The smallest absolute Gasteiger partial charge is 0.341 e. The molecule has 0 saturated carbocycles. The van der Waals surface area contributed by atoms with Crippen LogP contribution in [0.5, 0.6) is 5.75 Å². The summed E-state index contributed by atoms with van der Waals surface area (Å²) in [6.45, 7) is 2.20. The summed E-state index contributed by atoms with van der Waals surface area (Å²) in [5, 5.41) is 21.2. The predicted molar refractivity (Wildman–Crippen MR) is 168 cm³/mol. The van der Waals surface area contributed by atoms with E-state index in [4.69, 9.17) is 9.84 Å². The lowest BCUT2D eigenvalue weighted by Gasteiger charge is -2.10. The first-order valence-corrected chi connectivity index (χ1v) is 15.2. The van der Waals surface area contributed by atoms with Gasteiger partial charge in [-0.05, 0) is 42.3 Å². The van der Waals surface area contributed by atoms with Crippen LogP contribution in [0.4, 0.5) is 0 Å². The quantitative estimate of drug-likeness (QED) is 0.0974. The first-order valence-electron chi connectivity index (χ1n) is 15.2. The Labute approximate surface area is 253 Å². The van der Waals surface area contributed by atoms with Crippen molar-refractivity contribution in [2.45, 2.75) is 77.7 Å². The molecule has 1 heterocycles. The van der Waals surface area contributed by atoms with E-state index >= 15 is 0 Å². The number of carbonyl (C=O) groups is 3. The summed E-state index contributed by atoms with van der Waals surface area (Å²) < 4.78 is 6.77. The molecule has 0 fully saturated rings. The standard InChI is InChI=1S/C34H43N3O6/c1-2-3-4-5-6-7-8-9-10-11-22-35-30(38)21-14-26-12-15-28(16-13-26)34-33(36-25-37(34)23-31(39)40)27-17-19-29(20-18-27)43-24-32(41)42/h12-21,25H,2-11,22-24H2,1H3,(H,35,38)(H,39,40)(H,41,42). The lowest BCUT2D eigenvalue weighted by molar-refractivity contribution is -0.139. The van der Waals surface area contributed by atoms with Gasteiger partial charge in [0.15, 0.2) is 6.61 Å². The highest BCUT2D eigenvalue weighted by Gasteiger charge is 2.17. The van der Waals surface area contributed by atoms with Gasteiger partial charge in [0.05, 0.1) is 17.7 Å². The molecule has 9 heteroatoms. The summed E-state index contributed by atoms with van der Waals surface area (Å²) in [6, 6.07) is 14.3. The Balaban J connectivity index is 1.54. The molecule has 230 valence electrons. The molecule has 3 N–H and O–H groups in total. The van der Waals surface area contributed by atoms with Gasteiger partial charge in [0.2, 0.25) is 5.91 Å². The molecule has 0 atom stereocenters. The lowest BCUT2D eigenvalue weighted by Crippen LogP contribution is -2.21. The summed E-state index contributed by atoms with van der Waals surface area (Å²) in [4.78, 5) is 39.0. The van der Waals surface area contributed by atoms with Crippen LogP contribution in [0.25, 0.3) is 28.6 Å². The van der Waals surface area contributed by atoms with Crippen molar-refractivity contribution in [3.8, 4) is 28.3 Å². The van der Waals surface area contributed by atoms with Gasteiger partial charge >= 0.3 is 11.9 Å². The molecule has 0 bridgehead atoms. The van der Waals surface area contributed by atoms with Crippen LogP contribution in [0, 0.1) is 0 Å². The number of hydrogen-bond acceptors (Lipinski definition) is 5. The van der Waals surface area contributed by atoms with E-state index < -0.39 is 18.5 Å². The molecule has 0 aliphatic carbocycles. The van der Waals surface area contributed by atoms with E-state index in [0.29, 0.717) is 23.7 Å². The third kappa shape index (κ3) is 11.8. The van der Waals surface area contributed by atoms with Crippen LogP contribution in [-0.2, 0) is 20.9 Å². The summed E-state index contributed by atoms with van der Waals surface area (Å²) >= 11 is 0. The van der Waals surface area contributed by atoms with Crippen molar-refractivity contribution in [3.05, 3.63) is 66.5 Å². The molecule has 0 radical (unpaired) electrons. The fourth-order valence-corrected chi connectivity index (χ4v) is 4.82. The summed E-state index contributed by atoms with van der Waals surface area (Å²) in [7, 11) is 0. The van der Waals surface area contributed by atoms with E-state index in [1.54, 1.807) is 34.9 Å². The average Bonchev–Trinajstić information content (AvgIpc) is 3.41. The Hall–Kier alpha value is -4.40. The third-order valence-corrected chi connectivity index (χ3v) is 7.07. The van der Waals surface area contributed by atoms with Crippen LogP contribution < -0.4 is 10.1 Å².